The highest BCUT2D eigenvalue weighted by atomic mass is 16.1. The number of imidazole rings is 1. The van der Waals surface area contributed by atoms with E-state index in [0.717, 1.165) is 33.9 Å². The van der Waals surface area contributed by atoms with E-state index in [4.69, 9.17) is 0 Å². The second-order valence-corrected chi connectivity index (χ2v) is 6.09. The van der Waals surface area contributed by atoms with E-state index in [0.29, 0.717) is 6.42 Å². The van der Waals surface area contributed by atoms with Crippen LogP contribution in [0.1, 0.15) is 17.0 Å². The van der Waals surface area contributed by atoms with E-state index in [1.54, 1.807) is 12.4 Å². The predicted molar refractivity (Wildman–Crippen MR) is 111 cm³/mol. The van der Waals surface area contributed by atoms with Gasteiger partial charge in [0.2, 0.25) is 5.91 Å². The first kappa shape index (κ1) is 18.2. The Bertz CT molecular complexity index is 923. The molecule has 0 aliphatic rings. The van der Waals surface area contributed by atoms with Crippen LogP contribution in [0, 0.1) is 0 Å². The number of rotatable bonds is 7. The normalized spacial score (nSPS) is 10.7. The third-order valence-corrected chi connectivity index (χ3v) is 4.08. The van der Waals surface area contributed by atoms with Crippen molar-refractivity contribution in [3.8, 4) is 0 Å². The minimum absolute atomic E-state index is 0.0401. The molecule has 0 radical (unpaired) electrons. The van der Waals surface area contributed by atoms with Gasteiger partial charge >= 0.3 is 0 Å². The van der Waals surface area contributed by atoms with E-state index in [1.807, 2.05) is 67.7 Å². The smallest absolute Gasteiger partial charge is 0.228 e. The molecule has 1 amide bonds. The molecule has 0 saturated heterocycles. The zero-order valence-electron chi connectivity index (χ0n) is 15.2. The number of benzene rings is 2. The Hall–Kier alpha value is -3.60. The highest BCUT2D eigenvalue weighted by Crippen LogP contribution is 2.15. The van der Waals surface area contributed by atoms with Gasteiger partial charge in [0.15, 0.2) is 0 Å². The number of anilines is 2. The lowest BCUT2D eigenvalue weighted by Crippen LogP contribution is -2.14. The van der Waals surface area contributed by atoms with Gasteiger partial charge in [-0.3, -0.25) is 4.79 Å². The summed E-state index contributed by atoms with van der Waals surface area (Å²) in [5.74, 6) is 0.712. The van der Waals surface area contributed by atoms with Crippen LogP contribution in [0.5, 0.6) is 0 Å². The molecule has 3 rings (SSSR count). The van der Waals surface area contributed by atoms with Gasteiger partial charge in [0.25, 0.3) is 0 Å². The van der Waals surface area contributed by atoms with Crippen molar-refractivity contribution < 1.29 is 4.79 Å². The first-order chi connectivity index (χ1) is 13.1. The number of aromatic nitrogens is 2. The van der Waals surface area contributed by atoms with Gasteiger partial charge in [-0.2, -0.15) is 0 Å². The van der Waals surface area contributed by atoms with E-state index in [-0.39, 0.29) is 5.91 Å². The largest absolute Gasteiger partial charge is 0.388 e. The summed E-state index contributed by atoms with van der Waals surface area (Å²) >= 11 is 0. The number of aromatic amines is 1. The summed E-state index contributed by atoms with van der Waals surface area (Å²) in [5, 5.41) is 5.96. The molecule has 0 spiro atoms. The Morgan fingerprint density at radius 1 is 1.11 bits per heavy atom. The van der Waals surface area contributed by atoms with E-state index in [9.17, 15) is 4.79 Å². The minimum Gasteiger partial charge on any atom is -0.388 e. The van der Waals surface area contributed by atoms with Crippen LogP contribution in [-0.4, -0.2) is 22.9 Å². The van der Waals surface area contributed by atoms with Gasteiger partial charge in [0, 0.05) is 36.4 Å². The maximum atomic E-state index is 12.2. The Labute approximate surface area is 158 Å². The van der Waals surface area contributed by atoms with Crippen molar-refractivity contribution in [2.24, 2.45) is 0 Å². The molecule has 136 valence electrons. The Balaban J connectivity index is 1.55. The summed E-state index contributed by atoms with van der Waals surface area (Å²) in [6.45, 7) is 3.98. The van der Waals surface area contributed by atoms with Crippen LogP contribution in [0.2, 0.25) is 0 Å². The maximum absolute atomic E-state index is 12.2. The Morgan fingerprint density at radius 3 is 2.44 bits per heavy atom. The van der Waals surface area contributed by atoms with E-state index >= 15 is 0 Å². The number of nitrogens with one attached hydrogen (secondary N) is 3. The molecule has 27 heavy (non-hydrogen) atoms. The number of carbonyl (C=O) groups excluding carboxylic acids is 1. The number of nitrogens with zero attached hydrogens (tertiary/aromatic N) is 1. The lowest BCUT2D eigenvalue weighted by Gasteiger charge is -2.07. The highest BCUT2D eigenvalue weighted by molar-refractivity contribution is 5.92. The number of hydrogen-bond donors (Lipinski definition) is 3. The monoisotopic (exact) mass is 358 g/mol. The minimum atomic E-state index is -0.0401. The summed E-state index contributed by atoms with van der Waals surface area (Å²) < 4.78 is 0. The second-order valence-electron chi connectivity index (χ2n) is 6.09. The summed E-state index contributed by atoms with van der Waals surface area (Å²) in [5.41, 5.74) is 4.60. The third-order valence-electron chi connectivity index (χ3n) is 4.08. The lowest BCUT2D eigenvalue weighted by molar-refractivity contribution is -0.115. The van der Waals surface area contributed by atoms with Crippen LogP contribution in [0.25, 0.3) is 11.6 Å². The summed E-state index contributed by atoms with van der Waals surface area (Å²) in [7, 11) is 1.86. The average Bonchev–Trinajstić information content (AvgIpc) is 3.23. The van der Waals surface area contributed by atoms with Gasteiger partial charge in [0.05, 0.1) is 6.42 Å². The molecule has 0 bridgehead atoms. The van der Waals surface area contributed by atoms with Gasteiger partial charge in [-0.05, 0) is 35.4 Å². The van der Waals surface area contributed by atoms with Crippen molar-refractivity contribution in [1.29, 1.82) is 0 Å². The number of allylic oxidation sites excluding steroid dienone is 2. The van der Waals surface area contributed by atoms with E-state index in [2.05, 4.69) is 27.2 Å². The fraction of sp³-hybridized carbons (Fsp3) is 0.0909. The molecule has 0 unspecified atom stereocenters. The fourth-order valence-electron chi connectivity index (χ4n) is 2.57. The van der Waals surface area contributed by atoms with Gasteiger partial charge in [-0.15, -0.1) is 0 Å². The fourth-order valence-corrected chi connectivity index (χ4v) is 2.57. The van der Waals surface area contributed by atoms with Crippen molar-refractivity contribution in [2.75, 3.05) is 17.7 Å². The molecule has 0 fully saturated rings. The van der Waals surface area contributed by atoms with Crippen LogP contribution < -0.4 is 10.6 Å². The van der Waals surface area contributed by atoms with Crippen LogP contribution in [0.4, 0.5) is 11.4 Å². The Kier molecular flexibility index (Phi) is 5.84. The number of H-pyrrole nitrogens is 1. The average molecular weight is 358 g/mol. The maximum Gasteiger partial charge on any atom is 0.228 e. The Morgan fingerprint density at radius 2 is 1.81 bits per heavy atom. The zero-order valence-corrected chi connectivity index (χ0v) is 15.2. The molecule has 1 aromatic heterocycles. The van der Waals surface area contributed by atoms with Gasteiger partial charge in [-0.1, -0.05) is 43.0 Å². The van der Waals surface area contributed by atoms with Crippen LogP contribution >= 0.6 is 0 Å². The first-order valence-electron chi connectivity index (χ1n) is 8.67. The number of hydrogen-bond acceptors (Lipinski definition) is 3. The van der Waals surface area contributed by atoms with Crippen molar-refractivity contribution in [1.82, 2.24) is 9.97 Å². The molecule has 0 aliphatic carbocycles. The molecule has 3 N–H and O–H groups in total. The molecular weight excluding hydrogens is 336 g/mol. The first-order valence-corrected chi connectivity index (χ1v) is 8.67. The molecule has 0 aliphatic heterocycles. The van der Waals surface area contributed by atoms with Gasteiger partial charge < -0.3 is 15.6 Å². The van der Waals surface area contributed by atoms with Crippen molar-refractivity contribution in [2.45, 2.75) is 6.42 Å². The number of carbonyl (C=O) groups is 1. The highest BCUT2D eigenvalue weighted by Gasteiger charge is 2.04. The number of amides is 1. The van der Waals surface area contributed by atoms with Crippen LogP contribution in [-0.2, 0) is 11.2 Å². The van der Waals surface area contributed by atoms with E-state index < -0.39 is 0 Å². The molecule has 0 atom stereocenters. The third kappa shape index (κ3) is 5.19. The van der Waals surface area contributed by atoms with Crippen molar-refractivity contribution in [3.63, 3.8) is 0 Å². The van der Waals surface area contributed by atoms with Crippen LogP contribution in [0.15, 0.2) is 73.6 Å². The molecule has 2 aromatic carbocycles. The topological polar surface area (TPSA) is 69.8 Å². The zero-order chi connectivity index (χ0) is 19.1. The summed E-state index contributed by atoms with van der Waals surface area (Å²) in [6.07, 6.45) is 7.68. The molecule has 3 aromatic rings. The molecular formula is C22H22N4O. The molecule has 5 nitrogen and oxygen atoms in total. The van der Waals surface area contributed by atoms with Gasteiger partial charge in [0.1, 0.15) is 5.82 Å². The molecule has 1 heterocycles. The summed E-state index contributed by atoms with van der Waals surface area (Å²) in [6, 6.07) is 15.5. The van der Waals surface area contributed by atoms with E-state index in [1.165, 1.54) is 0 Å². The van der Waals surface area contributed by atoms with Crippen molar-refractivity contribution >= 4 is 28.9 Å². The quantitative estimate of drug-likeness (QED) is 0.550. The standard InChI is InChI=1S/C22H22N4O/c1-16(22-24-13-14-25-22)3-4-17-5-7-18(8-6-17)15-21(27)26-20-11-9-19(23-2)10-12-20/h3-14,23H,1,15H2,2H3,(H,24,25)(H,26,27)/b4-3+. The lowest BCUT2D eigenvalue weighted by atomic mass is 10.1. The molecule has 5 heteroatoms. The summed E-state index contributed by atoms with van der Waals surface area (Å²) in [4.78, 5) is 19.4. The SMILES string of the molecule is C=C(/C=C/c1ccc(CC(=O)Nc2ccc(NC)cc2)cc1)c1ncc[nH]1. The van der Waals surface area contributed by atoms with Gasteiger partial charge in [-0.25, -0.2) is 4.98 Å². The van der Waals surface area contributed by atoms with Crippen LogP contribution in [0.3, 0.4) is 0 Å². The second kappa shape index (κ2) is 8.67. The molecule has 0 saturated carbocycles. The van der Waals surface area contributed by atoms with Crippen molar-refractivity contribution in [3.05, 3.63) is 90.5 Å². The predicted octanol–water partition coefficient (Wildman–Crippen LogP) is 4.36.